The molecule has 0 saturated carbocycles. The molecular formula is C22H18ClN3O6S. The molecule has 0 bridgehead atoms. The summed E-state index contributed by atoms with van der Waals surface area (Å²) >= 11 is 6.00. The molecular weight excluding hydrogens is 470 g/mol. The number of aromatic nitrogens is 1. The molecule has 1 aliphatic heterocycles. The zero-order valence-electron chi connectivity index (χ0n) is 17.5. The predicted molar refractivity (Wildman–Crippen MR) is 120 cm³/mol. The molecule has 0 atom stereocenters. The Bertz CT molecular complexity index is 1340. The molecule has 0 radical (unpaired) electrons. The fraction of sp³-hybridized carbons (Fsp3) is 0.136. The van der Waals surface area contributed by atoms with Crippen LogP contribution in [-0.2, 0) is 16.6 Å². The Morgan fingerprint density at radius 3 is 2.42 bits per heavy atom. The number of amides is 2. The van der Waals surface area contributed by atoms with Crippen molar-refractivity contribution in [2.45, 2.75) is 11.4 Å². The maximum absolute atomic E-state index is 13.2. The Labute approximate surface area is 195 Å². The lowest BCUT2D eigenvalue weighted by molar-refractivity contribution is 0.0640. The Kier molecular flexibility index (Phi) is 5.96. The van der Waals surface area contributed by atoms with Gasteiger partial charge in [-0.25, -0.2) is 8.42 Å². The van der Waals surface area contributed by atoms with E-state index in [0.717, 1.165) is 4.90 Å². The number of hydrogen-bond acceptors (Lipinski definition) is 7. The number of rotatable bonds is 7. The molecule has 2 heterocycles. The lowest BCUT2D eigenvalue weighted by Gasteiger charge is -2.17. The molecule has 33 heavy (non-hydrogen) atoms. The lowest BCUT2D eigenvalue weighted by Crippen LogP contribution is -2.29. The van der Waals surface area contributed by atoms with Gasteiger partial charge in [-0.3, -0.25) is 24.2 Å². The summed E-state index contributed by atoms with van der Waals surface area (Å²) in [6.45, 7) is -0.138. The second kappa shape index (κ2) is 8.72. The van der Waals surface area contributed by atoms with Crippen LogP contribution in [0.15, 0.2) is 59.6 Å². The number of hydrogen-bond donors (Lipinski definition) is 1. The summed E-state index contributed by atoms with van der Waals surface area (Å²) in [5, 5.41) is 0.313. The first-order valence-corrected chi connectivity index (χ1v) is 11.5. The highest BCUT2D eigenvalue weighted by molar-refractivity contribution is 7.92. The fourth-order valence-electron chi connectivity index (χ4n) is 3.43. The minimum Gasteiger partial charge on any atom is -0.495 e. The van der Waals surface area contributed by atoms with E-state index in [1.807, 2.05) is 0 Å². The highest BCUT2D eigenvalue weighted by atomic mass is 35.5. The number of pyridine rings is 1. The Morgan fingerprint density at radius 1 is 1.00 bits per heavy atom. The quantitative estimate of drug-likeness (QED) is 0.508. The van der Waals surface area contributed by atoms with Gasteiger partial charge in [-0.2, -0.15) is 0 Å². The zero-order chi connectivity index (χ0) is 23.8. The standard InChI is InChI=1S/C22H18ClN3O6S/c1-31-17-8-6-14(23)11-16(17)25-33(29,30)19-10-13(5-7-18(19)32-2)12-26-21(27)15-4-3-9-24-20(15)22(26)28/h3-11,25H,12H2,1-2H3. The summed E-state index contributed by atoms with van der Waals surface area (Å²) in [7, 11) is -1.42. The molecule has 3 aromatic rings. The number of carbonyl (C=O) groups is 2. The third-order valence-electron chi connectivity index (χ3n) is 5.00. The molecule has 2 aromatic carbocycles. The second-order valence-corrected chi connectivity index (χ2v) is 9.12. The predicted octanol–water partition coefficient (Wildman–Crippen LogP) is 3.35. The van der Waals surface area contributed by atoms with Crippen molar-refractivity contribution in [2.24, 2.45) is 0 Å². The SMILES string of the molecule is COc1ccc(Cl)cc1NS(=O)(=O)c1cc(CN2C(=O)c3cccnc3C2=O)ccc1OC. The number of imide groups is 1. The summed E-state index contributed by atoms with van der Waals surface area (Å²) in [5.74, 6) is -0.685. The van der Waals surface area contributed by atoms with Crippen molar-refractivity contribution in [1.29, 1.82) is 0 Å². The van der Waals surface area contributed by atoms with Crippen molar-refractivity contribution < 1.29 is 27.5 Å². The highest BCUT2D eigenvalue weighted by Crippen LogP contribution is 2.33. The summed E-state index contributed by atoms with van der Waals surface area (Å²) in [6.07, 6.45) is 1.43. The van der Waals surface area contributed by atoms with Crippen LogP contribution in [0.1, 0.15) is 26.4 Å². The minimum absolute atomic E-state index is 0.0681. The molecule has 0 fully saturated rings. The van der Waals surface area contributed by atoms with Gasteiger partial charge in [-0.1, -0.05) is 17.7 Å². The Balaban J connectivity index is 1.67. The van der Waals surface area contributed by atoms with Crippen LogP contribution < -0.4 is 14.2 Å². The van der Waals surface area contributed by atoms with Crippen molar-refractivity contribution in [1.82, 2.24) is 9.88 Å². The van der Waals surface area contributed by atoms with Gasteiger partial charge in [0.05, 0.1) is 32.0 Å². The highest BCUT2D eigenvalue weighted by Gasteiger charge is 2.36. The maximum Gasteiger partial charge on any atom is 0.280 e. The number of carbonyl (C=O) groups excluding carboxylic acids is 2. The van der Waals surface area contributed by atoms with Crippen LogP contribution in [0.3, 0.4) is 0 Å². The summed E-state index contributed by atoms with van der Waals surface area (Å²) in [6, 6.07) is 12.0. The van der Waals surface area contributed by atoms with E-state index in [0.29, 0.717) is 10.6 Å². The molecule has 1 aliphatic rings. The van der Waals surface area contributed by atoms with Crippen molar-refractivity contribution in [3.63, 3.8) is 0 Å². The molecule has 1 aromatic heterocycles. The number of sulfonamides is 1. The smallest absolute Gasteiger partial charge is 0.280 e. The van der Waals surface area contributed by atoms with Gasteiger partial charge >= 0.3 is 0 Å². The van der Waals surface area contributed by atoms with Crippen LogP contribution in [-0.4, -0.2) is 44.3 Å². The van der Waals surface area contributed by atoms with Crippen LogP contribution in [0, 0.1) is 0 Å². The normalized spacial score (nSPS) is 13.1. The molecule has 170 valence electrons. The van der Waals surface area contributed by atoms with Gasteiger partial charge in [0.15, 0.2) is 0 Å². The van der Waals surface area contributed by atoms with E-state index in [9.17, 15) is 18.0 Å². The first-order chi connectivity index (χ1) is 15.7. The molecule has 0 aliphatic carbocycles. The molecule has 1 N–H and O–H groups in total. The number of nitrogens with zero attached hydrogens (tertiary/aromatic N) is 2. The van der Waals surface area contributed by atoms with Crippen LogP contribution >= 0.6 is 11.6 Å². The third kappa shape index (κ3) is 4.22. The van der Waals surface area contributed by atoms with Gasteiger partial charge in [0.25, 0.3) is 21.8 Å². The van der Waals surface area contributed by atoms with Gasteiger partial charge in [0.2, 0.25) is 0 Å². The van der Waals surface area contributed by atoms with E-state index < -0.39 is 21.8 Å². The summed E-state index contributed by atoms with van der Waals surface area (Å²) in [5.41, 5.74) is 0.824. The van der Waals surface area contributed by atoms with Crippen LogP contribution in [0.4, 0.5) is 5.69 Å². The maximum atomic E-state index is 13.2. The average Bonchev–Trinajstić information content (AvgIpc) is 3.04. The number of benzene rings is 2. The summed E-state index contributed by atoms with van der Waals surface area (Å²) < 4.78 is 39.3. The van der Waals surface area contributed by atoms with Crippen molar-refractivity contribution in [3.8, 4) is 11.5 Å². The third-order valence-corrected chi connectivity index (χ3v) is 6.62. The van der Waals surface area contributed by atoms with E-state index >= 15 is 0 Å². The van der Waals surface area contributed by atoms with E-state index in [4.69, 9.17) is 21.1 Å². The minimum atomic E-state index is -4.16. The van der Waals surface area contributed by atoms with Gasteiger partial charge in [0, 0.05) is 11.2 Å². The number of halogens is 1. The van der Waals surface area contributed by atoms with E-state index in [2.05, 4.69) is 9.71 Å². The molecule has 0 spiro atoms. The molecule has 4 rings (SSSR count). The molecule has 0 unspecified atom stereocenters. The monoisotopic (exact) mass is 487 g/mol. The van der Waals surface area contributed by atoms with Crippen LogP contribution in [0.2, 0.25) is 5.02 Å². The van der Waals surface area contributed by atoms with Crippen molar-refractivity contribution in [3.05, 3.63) is 76.6 Å². The number of anilines is 1. The van der Waals surface area contributed by atoms with Crippen LogP contribution in [0.25, 0.3) is 0 Å². The number of ether oxygens (including phenoxy) is 2. The molecule has 11 heteroatoms. The van der Waals surface area contributed by atoms with E-state index in [1.165, 1.54) is 50.7 Å². The fourth-order valence-corrected chi connectivity index (χ4v) is 4.88. The molecule has 9 nitrogen and oxygen atoms in total. The van der Waals surface area contributed by atoms with Crippen molar-refractivity contribution >= 4 is 39.1 Å². The number of methoxy groups -OCH3 is 2. The van der Waals surface area contributed by atoms with Gasteiger partial charge < -0.3 is 9.47 Å². The largest absolute Gasteiger partial charge is 0.495 e. The Morgan fingerprint density at radius 2 is 1.73 bits per heavy atom. The lowest BCUT2D eigenvalue weighted by atomic mass is 10.2. The first kappa shape index (κ1) is 22.6. The first-order valence-electron chi connectivity index (χ1n) is 9.59. The Hall–Kier alpha value is -3.63. The number of fused-ring (bicyclic) bond motifs is 1. The molecule has 0 saturated heterocycles. The van der Waals surface area contributed by atoms with Crippen molar-refractivity contribution in [2.75, 3.05) is 18.9 Å². The zero-order valence-corrected chi connectivity index (χ0v) is 19.1. The topological polar surface area (TPSA) is 115 Å². The number of nitrogens with one attached hydrogen (secondary N) is 1. The van der Waals surface area contributed by atoms with E-state index in [1.54, 1.807) is 18.2 Å². The molecule has 2 amide bonds. The van der Waals surface area contributed by atoms with Gasteiger partial charge in [-0.15, -0.1) is 0 Å². The second-order valence-electron chi connectivity index (χ2n) is 7.03. The summed E-state index contributed by atoms with van der Waals surface area (Å²) in [4.78, 5) is 30.1. The van der Waals surface area contributed by atoms with Gasteiger partial charge in [0.1, 0.15) is 22.1 Å². The van der Waals surface area contributed by atoms with Crippen LogP contribution in [0.5, 0.6) is 11.5 Å². The van der Waals surface area contributed by atoms with E-state index in [-0.39, 0.29) is 39.9 Å². The van der Waals surface area contributed by atoms with Gasteiger partial charge in [-0.05, 0) is 48.0 Å². The average molecular weight is 488 g/mol.